The minimum Gasteiger partial charge on any atom is -0.491 e. The fourth-order valence-corrected chi connectivity index (χ4v) is 9.51. The van der Waals surface area contributed by atoms with E-state index in [1.165, 1.54) is 26.4 Å². The molecule has 0 aromatic heterocycles. The predicted molar refractivity (Wildman–Crippen MR) is 189 cm³/mol. The van der Waals surface area contributed by atoms with Crippen LogP contribution in [0, 0.1) is 29.6 Å². The number of rotatable bonds is 13. The summed E-state index contributed by atoms with van der Waals surface area (Å²) in [6, 6.07) is 0. The summed E-state index contributed by atoms with van der Waals surface area (Å²) in [6.07, 6.45) is 12.7. The maximum absolute atomic E-state index is 16.5. The fourth-order valence-electron chi connectivity index (χ4n) is 6.87. The van der Waals surface area contributed by atoms with Crippen molar-refractivity contribution in [2.75, 3.05) is 7.11 Å². The number of carbonyl (C=O) groups excluding carboxylic acids is 1. The lowest BCUT2D eigenvalue weighted by Crippen LogP contribution is -2.45. The first-order valence-corrected chi connectivity index (χ1v) is 23.7. The maximum atomic E-state index is 16.5. The summed E-state index contributed by atoms with van der Waals surface area (Å²) in [5, 5.41) is 0.162. The highest BCUT2D eigenvalue weighted by Crippen LogP contribution is 2.51. The number of esters is 1. The summed E-state index contributed by atoms with van der Waals surface area (Å²) >= 11 is 0. The molecule has 0 aromatic rings. The number of ether oxygens (including phenoxy) is 2. The van der Waals surface area contributed by atoms with Gasteiger partial charge in [0.1, 0.15) is 11.9 Å². The molecule has 260 valence electrons. The van der Waals surface area contributed by atoms with Crippen molar-refractivity contribution in [2.45, 2.75) is 168 Å². The van der Waals surface area contributed by atoms with Gasteiger partial charge < -0.3 is 18.3 Å². The molecule has 0 bridgehead atoms. The standard InChI is InChI=1S/C37H67FO5Si2/c1-14-15-16-25(2)21-28(42-44(10,11)36(3,4)5)19-20-29-30(43-45(12,13)37(6,7)8)24-31-33(29)34(38)32(41-31)23-26-17-18-27(22-26)35(39)40-9/h19-20,23,25-31,33-34H,14-18,21-22,24H2,1-13H3/b20-19+,32-23-/t25-,26-,27-,28+,29-,30+,31-,33+,34-/m0/s1. The largest absolute Gasteiger partial charge is 0.491 e. The Bertz CT molecular complexity index is 1040. The Balaban J connectivity index is 1.91. The van der Waals surface area contributed by atoms with E-state index < -0.39 is 22.8 Å². The van der Waals surface area contributed by atoms with E-state index in [9.17, 15) is 4.79 Å². The van der Waals surface area contributed by atoms with Crippen LogP contribution in [0.2, 0.25) is 36.3 Å². The molecule has 2 saturated carbocycles. The average Bonchev–Trinajstić information content (AvgIpc) is 3.59. The number of carbonyl (C=O) groups is 1. The predicted octanol–water partition coefficient (Wildman–Crippen LogP) is 10.4. The van der Waals surface area contributed by atoms with E-state index in [1.54, 1.807) is 0 Å². The maximum Gasteiger partial charge on any atom is 0.308 e. The Hall–Kier alpha value is -0.966. The van der Waals surface area contributed by atoms with Gasteiger partial charge in [0, 0.05) is 18.3 Å². The number of methoxy groups -OCH3 is 1. The molecule has 0 unspecified atom stereocenters. The van der Waals surface area contributed by atoms with Gasteiger partial charge in [-0.3, -0.25) is 4.79 Å². The van der Waals surface area contributed by atoms with Gasteiger partial charge in [0.05, 0.1) is 25.2 Å². The van der Waals surface area contributed by atoms with Crippen LogP contribution in [0.5, 0.6) is 0 Å². The van der Waals surface area contributed by atoms with E-state index in [0.29, 0.717) is 24.5 Å². The second-order valence-electron chi connectivity index (χ2n) is 17.5. The lowest BCUT2D eigenvalue weighted by molar-refractivity contribution is -0.145. The van der Waals surface area contributed by atoms with Crippen LogP contribution < -0.4 is 0 Å². The molecular weight excluding hydrogens is 600 g/mol. The molecule has 3 fully saturated rings. The van der Waals surface area contributed by atoms with E-state index in [4.69, 9.17) is 18.3 Å². The first kappa shape index (κ1) is 38.5. The Morgan fingerprint density at radius 1 is 1.04 bits per heavy atom. The first-order valence-electron chi connectivity index (χ1n) is 17.8. The molecule has 3 rings (SSSR count). The summed E-state index contributed by atoms with van der Waals surface area (Å²) in [4.78, 5) is 12.1. The lowest BCUT2D eigenvalue weighted by Gasteiger charge is -2.40. The van der Waals surface area contributed by atoms with Crippen molar-refractivity contribution in [1.29, 1.82) is 0 Å². The number of fused-ring (bicyclic) bond motifs is 1. The molecule has 0 spiro atoms. The monoisotopic (exact) mass is 666 g/mol. The van der Waals surface area contributed by atoms with E-state index in [0.717, 1.165) is 19.3 Å². The van der Waals surface area contributed by atoms with Gasteiger partial charge in [-0.2, -0.15) is 0 Å². The molecule has 3 aliphatic rings. The van der Waals surface area contributed by atoms with E-state index in [2.05, 4.69) is 93.7 Å². The van der Waals surface area contributed by atoms with Gasteiger partial charge in [-0.05, 0) is 79.9 Å². The normalized spacial score (nSPS) is 31.8. The molecule has 0 amide bonds. The number of hydrogen-bond acceptors (Lipinski definition) is 5. The molecule has 9 atom stereocenters. The summed E-state index contributed by atoms with van der Waals surface area (Å²) in [5.41, 5.74) is 0. The zero-order chi connectivity index (χ0) is 34.0. The van der Waals surface area contributed by atoms with E-state index in [1.807, 2.05) is 6.08 Å². The fraction of sp³-hybridized carbons (Fsp3) is 0.865. The molecule has 2 aliphatic carbocycles. The number of alkyl halides is 1. The molecule has 1 heterocycles. The molecule has 5 nitrogen and oxygen atoms in total. The smallest absolute Gasteiger partial charge is 0.308 e. The van der Waals surface area contributed by atoms with Gasteiger partial charge in [-0.25, -0.2) is 4.39 Å². The molecule has 0 aromatic carbocycles. The van der Waals surface area contributed by atoms with Gasteiger partial charge >= 0.3 is 5.97 Å². The van der Waals surface area contributed by atoms with Crippen LogP contribution in [0.4, 0.5) is 4.39 Å². The second kappa shape index (κ2) is 15.1. The third-order valence-electron chi connectivity index (χ3n) is 11.8. The second-order valence-corrected chi connectivity index (χ2v) is 27.0. The molecule has 1 saturated heterocycles. The number of allylic oxidation sites excluding steroid dienone is 2. The first-order chi connectivity index (χ1) is 20.7. The molecule has 0 radical (unpaired) electrons. The molecule has 0 N–H and O–H groups in total. The minimum absolute atomic E-state index is 0.00513. The minimum atomic E-state index is -2.11. The van der Waals surface area contributed by atoms with Crippen molar-refractivity contribution >= 4 is 22.6 Å². The average molecular weight is 667 g/mol. The van der Waals surface area contributed by atoms with Crippen molar-refractivity contribution in [3.63, 3.8) is 0 Å². The Labute approximate surface area is 277 Å². The lowest BCUT2D eigenvalue weighted by atomic mass is 9.88. The highest BCUT2D eigenvalue weighted by atomic mass is 28.4. The van der Waals surface area contributed by atoms with E-state index in [-0.39, 0.29) is 58.0 Å². The van der Waals surface area contributed by atoms with Crippen molar-refractivity contribution in [3.05, 3.63) is 24.0 Å². The third-order valence-corrected chi connectivity index (χ3v) is 20.8. The number of unbranched alkanes of at least 4 members (excludes halogenated alkanes) is 1. The third kappa shape index (κ3) is 9.57. The van der Waals surface area contributed by atoms with Crippen molar-refractivity contribution in [3.8, 4) is 0 Å². The van der Waals surface area contributed by atoms with Gasteiger partial charge in [0.15, 0.2) is 22.8 Å². The van der Waals surface area contributed by atoms with Crippen molar-refractivity contribution in [2.24, 2.45) is 29.6 Å². The molecular formula is C37H67FO5Si2. The van der Waals surface area contributed by atoms with Crippen LogP contribution in [-0.4, -0.2) is 54.2 Å². The Morgan fingerprint density at radius 3 is 2.27 bits per heavy atom. The Kier molecular flexibility index (Phi) is 12.9. The molecule has 8 heteroatoms. The van der Waals surface area contributed by atoms with Crippen LogP contribution in [0.25, 0.3) is 0 Å². The summed E-state index contributed by atoms with van der Waals surface area (Å²) in [5.74, 6) is 0.517. The van der Waals surface area contributed by atoms with Crippen LogP contribution in [-0.2, 0) is 23.1 Å². The highest BCUT2D eigenvalue weighted by Gasteiger charge is 2.56. The topological polar surface area (TPSA) is 54.0 Å². The van der Waals surface area contributed by atoms with Crippen LogP contribution >= 0.6 is 0 Å². The van der Waals surface area contributed by atoms with E-state index >= 15 is 4.39 Å². The van der Waals surface area contributed by atoms with Crippen LogP contribution in [0.15, 0.2) is 24.0 Å². The zero-order valence-corrected chi connectivity index (χ0v) is 33.0. The molecule has 45 heavy (non-hydrogen) atoms. The summed E-state index contributed by atoms with van der Waals surface area (Å²) < 4.78 is 42.0. The number of halogens is 1. The zero-order valence-electron chi connectivity index (χ0n) is 31.0. The summed E-state index contributed by atoms with van der Waals surface area (Å²) in [6.45, 7) is 27.5. The van der Waals surface area contributed by atoms with Crippen LogP contribution in [0.3, 0.4) is 0 Å². The highest BCUT2D eigenvalue weighted by molar-refractivity contribution is 6.74. The van der Waals surface area contributed by atoms with Crippen molar-refractivity contribution in [1.82, 2.24) is 0 Å². The van der Waals surface area contributed by atoms with Crippen molar-refractivity contribution < 1.29 is 27.5 Å². The van der Waals surface area contributed by atoms with Gasteiger partial charge in [0.25, 0.3) is 0 Å². The summed E-state index contributed by atoms with van der Waals surface area (Å²) in [7, 11) is -2.69. The van der Waals surface area contributed by atoms with Gasteiger partial charge in [0.2, 0.25) is 0 Å². The Morgan fingerprint density at radius 2 is 1.69 bits per heavy atom. The SMILES string of the molecule is CCCC[C@H](C)C[C@@H](/C=C/[C@@H]1[C@@H]2[C@H](C[C@H]1O[Si](C)(C)C(C)(C)C)O/C(=C\[C@H]1CC[C@H](C(=O)OC)C1)[C@@H]2F)O[Si](C)(C)C(C)(C)C. The number of hydrogen-bond donors (Lipinski definition) is 0. The van der Waals surface area contributed by atoms with Crippen LogP contribution in [0.1, 0.15) is 107 Å². The quantitative estimate of drug-likeness (QED) is 0.111. The molecule has 1 aliphatic heterocycles. The van der Waals surface area contributed by atoms with Gasteiger partial charge in [-0.1, -0.05) is 86.8 Å². The van der Waals surface area contributed by atoms with Gasteiger partial charge in [-0.15, -0.1) is 0 Å².